The molecule has 0 aromatic rings. The molecule has 0 rings (SSSR count). The minimum atomic E-state index is 0. The van der Waals surface area contributed by atoms with E-state index >= 15 is 0 Å². The Morgan fingerprint density at radius 1 is 0.522 bits per heavy atom. The molecule has 0 aliphatic carbocycles. The summed E-state index contributed by atoms with van der Waals surface area (Å²) in [5, 5.41) is 9.31. The molecule has 0 unspecified atom stereocenters. The van der Waals surface area contributed by atoms with E-state index < -0.39 is 0 Å². The van der Waals surface area contributed by atoms with Gasteiger partial charge < -0.3 is 26.6 Å². The van der Waals surface area contributed by atoms with Crippen molar-refractivity contribution in [3.8, 4) is 0 Å². The van der Waals surface area contributed by atoms with Crippen LogP contribution in [0.15, 0.2) is 0 Å². The van der Waals surface area contributed by atoms with Crippen LogP contribution in [0.3, 0.4) is 0 Å². The summed E-state index contributed by atoms with van der Waals surface area (Å²) in [6.45, 7) is 12.5. The monoisotopic (exact) mass is 393 g/mol. The second-order valence-corrected chi connectivity index (χ2v) is 7.14. The van der Waals surface area contributed by atoms with E-state index in [-0.39, 0.29) is 17.0 Å². The van der Waals surface area contributed by atoms with Gasteiger partial charge in [-0.2, -0.15) is 0 Å². The van der Waals surface area contributed by atoms with Crippen molar-refractivity contribution in [3.05, 3.63) is 0 Å². The standard InChI is InChI=1S/C20H44NO.BrH/c1-4-7-10-13-17-21(19-15-20-22,16-12-9-6-3)18-14-11-8-5-2;/h22H,4-20H2,1-3H3;1H/q+1;/p-1. The molecule has 0 aromatic carbocycles. The number of rotatable bonds is 17. The lowest BCUT2D eigenvalue weighted by atomic mass is 10.1. The van der Waals surface area contributed by atoms with Crippen LogP contribution in [0.25, 0.3) is 0 Å². The van der Waals surface area contributed by atoms with Crippen molar-refractivity contribution in [2.24, 2.45) is 0 Å². The first-order valence-electron chi connectivity index (χ1n) is 10.2. The van der Waals surface area contributed by atoms with E-state index in [4.69, 9.17) is 0 Å². The first-order chi connectivity index (χ1) is 10.7. The van der Waals surface area contributed by atoms with Crippen LogP contribution < -0.4 is 17.0 Å². The average molecular weight is 394 g/mol. The molecule has 0 saturated heterocycles. The Bertz CT molecular complexity index is 212. The Kier molecular flexibility index (Phi) is 20.9. The van der Waals surface area contributed by atoms with Crippen molar-refractivity contribution in [1.29, 1.82) is 0 Å². The van der Waals surface area contributed by atoms with Gasteiger partial charge in [0.1, 0.15) is 0 Å². The summed E-state index contributed by atoms with van der Waals surface area (Å²) >= 11 is 0. The maximum atomic E-state index is 9.31. The van der Waals surface area contributed by atoms with Crippen LogP contribution in [-0.2, 0) is 0 Å². The quantitative estimate of drug-likeness (QED) is 0.297. The molecule has 0 aliphatic rings. The van der Waals surface area contributed by atoms with Crippen LogP contribution in [-0.4, -0.2) is 42.4 Å². The number of quaternary nitrogens is 1. The number of halogens is 1. The van der Waals surface area contributed by atoms with Crippen molar-refractivity contribution in [2.75, 3.05) is 32.8 Å². The molecule has 0 radical (unpaired) electrons. The molecule has 0 saturated carbocycles. The predicted octanol–water partition coefficient (Wildman–Crippen LogP) is 2.54. The Morgan fingerprint density at radius 2 is 0.870 bits per heavy atom. The van der Waals surface area contributed by atoms with Gasteiger partial charge in [-0.1, -0.05) is 52.9 Å². The topological polar surface area (TPSA) is 20.2 Å². The van der Waals surface area contributed by atoms with Crippen LogP contribution in [0.1, 0.15) is 97.8 Å². The molecule has 0 bridgehead atoms. The van der Waals surface area contributed by atoms with Crippen LogP contribution in [0, 0.1) is 0 Å². The molecule has 0 amide bonds. The summed E-state index contributed by atoms with van der Waals surface area (Å²) < 4.78 is 1.29. The van der Waals surface area contributed by atoms with Gasteiger partial charge in [-0.25, -0.2) is 0 Å². The zero-order valence-corrected chi connectivity index (χ0v) is 17.9. The minimum absolute atomic E-state index is 0. The third-order valence-corrected chi connectivity index (χ3v) is 5.00. The lowest BCUT2D eigenvalue weighted by Gasteiger charge is -2.39. The molecule has 0 aliphatic heterocycles. The summed E-state index contributed by atoms with van der Waals surface area (Å²) in [6.07, 6.45) is 15.9. The zero-order valence-electron chi connectivity index (χ0n) is 16.3. The highest BCUT2D eigenvalue weighted by molar-refractivity contribution is 4.52. The van der Waals surface area contributed by atoms with E-state index in [9.17, 15) is 5.11 Å². The molecule has 3 heteroatoms. The van der Waals surface area contributed by atoms with Crippen molar-refractivity contribution in [2.45, 2.75) is 97.8 Å². The van der Waals surface area contributed by atoms with Crippen molar-refractivity contribution in [1.82, 2.24) is 0 Å². The maximum Gasteiger partial charge on any atom is 0.0808 e. The van der Waals surface area contributed by atoms with Gasteiger partial charge in [0, 0.05) is 13.0 Å². The summed E-state index contributed by atoms with van der Waals surface area (Å²) in [5.74, 6) is 0. The fraction of sp³-hybridized carbons (Fsp3) is 1.00. The third-order valence-electron chi connectivity index (χ3n) is 5.00. The first kappa shape index (κ1) is 25.6. The fourth-order valence-electron chi connectivity index (χ4n) is 3.52. The molecule has 0 heterocycles. The second-order valence-electron chi connectivity index (χ2n) is 7.14. The van der Waals surface area contributed by atoms with E-state index in [0.717, 1.165) is 6.42 Å². The Morgan fingerprint density at radius 3 is 1.26 bits per heavy atom. The molecule has 2 nitrogen and oxygen atoms in total. The average Bonchev–Trinajstić information content (AvgIpc) is 2.54. The summed E-state index contributed by atoms with van der Waals surface area (Å²) in [4.78, 5) is 0. The molecule has 0 fully saturated rings. The van der Waals surface area contributed by atoms with Gasteiger partial charge in [-0.3, -0.25) is 0 Å². The number of nitrogens with zero attached hydrogens (tertiary/aromatic N) is 1. The predicted molar refractivity (Wildman–Crippen MR) is 99.2 cm³/mol. The lowest BCUT2D eigenvalue weighted by Crippen LogP contribution is -3.00. The second kappa shape index (κ2) is 18.7. The van der Waals surface area contributed by atoms with Gasteiger partial charge in [-0.05, 0) is 38.5 Å². The largest absolute Gasteiger partial charge is 1.00 e. The molecule has 0 atom stereocenters. The van der Waals surface area contributed by atoms with Crippen LogP contribution >= 0.6 is 0 Å². The lowest BCUT2D eigenvalue weighted by molar-refractivity contribution is -0.929. The molecule has 23 heavy (non-hydrogen) atoms. The number of aliphatic hydroxyl groups excluding tert-OH is 1. The number of unbranched alkanes of at least 4 members (excludes halogenated alkanes) is 8. The van der Waals surface area contributed by atoms with E-state index in [1.807, 2.05) is 0 Å². The zero-order chi connectivity index (χ0) is 16.5. The molecule has 0 aromatic heterocycles. The first-order valence-corrected chi connectivity index (χ1v) is 10.2. The van der Waals surface area contributed by atoms with Crippen molar-refractivity contribution >= 4 is 0 Å². The highest BCUT2D eigenvalue weighted by Crippen LogP contribution is 2.18. The number of hydrogen-bond donors (Lipinski definition) is 1. The summed E-state index contributed by atoms with van der Waals surface area (Å²) in [7, 11) is 0. The third kappa shape index (κ3) is 14.4. The van der Waals surface area contributed by atoms with Crippen LogP contribution in [0.5, 0.6) is 0 Å². The fourth-order valence-corrected chi connectivity index (χ4v) is 3.52. The van der Waals surface area contributed by atoms with Gasteiger partial charge >= 0.3 is 0 Å². The van der Waals surface area contributed by atoms with Gasteiger partial charge in [0.05, 0.1) is 26.2 Å². The van der Waals surface area contributed by atoms with E-state index in [0.29, 0.717) is 6.61 Å². The molecular formula is C20H44BrNO. The van der Waals surface area contributed by atoms with Crippen molar-refractivity contribution in [3.63, 3.8) is 0 Å². The highest BCUT2D eigenvalue weighted by atomic mass is 79.9. The Balaban J connectivity index is 0. The van der Waals surface area contributed by atoms with Gasteiger partial charge in [0.15, 0.2) is 0 Å². The maximum absolute atomic E-state index is 9.31. The summed E-state index contributed by atoms with van der Waals surface area (Å²) in [6, 6.07) is 0. The Hall–Kier alpha value is 0.400. The van der Waals surface area contributed by atoms with Crippen molar-refractivity contribution < 1.29 is 26.6 Å². The molecule has 142 valence electrons. The van der Waals surface area contributed by atoms with Gasteiger partial charge in [0.2, 0.25) is 0 Å². The smallest absolute Gasteiger partial charge is 0.0808 e. The SMILES string of the molecule is CCCCCC[N+](CCCO)(CCCCC)CCCCCC.[Br-]. The van der Waals surface area contributed by atoms with E-state index in [1.165, 1.54) is 101 Å². The normalized spacial score (nSPS) is 11.5. The van der Waals surface area contributed by atoms with E-state index in [2.05, 4.69) is 20.8 Å². The van der Waals surface area contributed by atoms with E-state index in [1.54, 1.807) is 0 Å². The number of aliphatic hydroxyl groups is 1. The number of hydrogen-bond acceptors (Lipinski definition) is 1. The Labute approximate surface area is 157 Å². The highest BCUT2D eigenvalue weighted by Gasteiger charge is 2.25. The molecule has 0 spiro atoms. The van der Waals surface area contributed by atoms with Crippen LogP contribution in [0.2, 0.25) is 0 Å². The summed E-state index contributed by atoms with van der Waals surface area (Å²) in [5.41, 5.74) is 0. The van der Waals surface area contributed by atoms with Gasteiger partial charge in [-0.15, -0.1) is 0 Å². The van der Waals surface area contributed by atoms with Crippen LogP contribution in [0.4, 0.5) is 0 Å². The molecule has 1 N–H and O–H groups in total. The van der Waals surface area contributed by atoms with Gasteiger partial charge in [0.25, 0.3) is 0 Å². The molecular weight excluding hydrogens is 350 g/mol. The minimum Gasteiger partial charge on any atom is -1.00 e.